The van der Waals surface area contributed by atoms with E-state index in [1.165, 1.54) is 42.5 Å². The summed E-state index contributed by atoms with van der Waals surface area (Å²) >= 11 is 0. The van der Waals surface area contributed by atoms with Crippen molar-refractivity contribution in [3.8, 4) is 0 Å². The van der Waals surface area contributed by atoms with Gasteiger partial charge in [-0.2, -0.15) is 0 Å². The highest BCUT2D eigenvalue weighted by molar-refractivity contribution is 5.68. The number of hydrogen-bond acceptors (Lipinski definition) is 2. The van der Waals surface area contributed by atoms with Crippen molar-refractivity contribution in [1.29, 1.82) is 0 Å². The largest absolute Gasteiger partial charge is 0.310 e. The highest BCUT2D eigenvalue weighted by Gasteiger charge is 2.29. The molecule has 2 unspecified atom stereocenters. The monoisotopic (exact) mass is 214 g/mol. The van der Waals surface area contributed by atoms with Gasteiger partial charge in [0, 0.05) is 18.4 Å². The van der Waals surface area contributed by atoms with Gasteiger partial charge in [-0.15, -0.1) is 0 Å². The molecule has 0 spiro atoms. The summed E-state index contributed by atoms with van der Waals surface area (Å²) in [7, 11) is 0. The Bertz CT molecular complexity index is 422. The lowest BCUT2D eigenvalue weighted by Gasteiger charge is -2.25. The highest BCUT2D eigenvalue weighted by atomic mass is 14.9. The van der Waals surface area contributed by atoms with Gasteiger partial charge in [0.25, 0.3) is 0 Å². The molecule has 2 aliphatic rings. The van der Waals surface area contributed by atoms with Crippen molar-refractivity contribution in [2.75, 3.05) is 6.54 Å². The van der Waals surface area contributed by atoms with Gasteiger partial charge in [0.15, 0.2) is 0 Å². The maximum atomic E-state index is 4.28. The molecule has 1 aromatic heterocycles. The maximum Gasteiger partial charge on any atom is 0.0343 e. The van der Waals surface area contributed by atoms with Crippen LogP contribution in [-0.4, -0.2) is 17.6 Å². The van der Waals surface area contributed by atoms with Crippen LogP contribution in [0.3, 0.4) is 0 Å². The minimum Gasteiger partial charge on any atom is -0.310 e. The SMILES string of the molecule is Cc1cncc(C2=CC3NCCCC3C2)c1. The van der Waals surface area contributed by atoms with E-state index >= 15 is 0 Å². The van der Waals surface area contributed by atoms with Crippen LogP contribution in [0.15, 0.2) is 24.5 Å². The molecule has 3 rings (SSSR count). The lowest BCUT2D eigenvalue weighted by molar-refractivity contribution is 0.341. The summed E-state index contributed by atoms with van der Waals surface area (Å²) in [6, 6.07) is 2.86. The number of nitrogens with zero attached hydrogens (tertiary/aromatic N) is 1. The van der Waals surface area contributed by atoms with Gasteiger partial charge in [-0.05, 0) is 61.4 Å². The zero-order chi connectivity index (χ0) is 11.0. The number of hydrogen-bond donors (Lipinski definition) is 1. The van der Waals surface area contributed by atoms with Crippen molar-refractivity contribution >= 4 is 5.57 Å². The van der Waals surface area contributed by atoms with E-state index in [0.29, 0.717) is 6.04 Å². The molecule has 1 aromatic rings. The predicted octanol–water partition coefficient (Wildman–Crippen LogP) is 2.55. The number of fused-ring (bicyclic) bond motifs is 1. The van der Waals surface area contributed by atoms with Crippen LogP contribution in [-0.2, 0) is 0 Å². The molecule has 2 heteroatoms. The fraction of sp³-hybridized carbons (Fsp3) is 0.500. The minimum absolute atomic E-state index is 0.615. The average Bonchev–Trinajstić information content (AvgIpc) is 2.72. The summed E-state index contributed by atoms with van der Waals surface area (Å²) in [5.41, 5.74) is 4.05. The Morgan fingerprint density at radius 2 is 2.31 bits per heavy atom. The fourth-order valence-corrected chi connectivity index (χ4v) is 2.92. The van der Waals surface area contributed by atoms with Gasteiger partial charge in [0.2, 0.25) is 0 Å². The van der Waals surface area contributed by atoms with E-state index in [1.54, 1.807) is 0 Å². The van der Waals surface area contributed by atoms with Crippen molar-refractivity contribution in [2.45, 2.75) is 32.2 Å². The molecule has 0 radical (unpaired) electrons. The van der Waals surface area contributed by atoms with E-state index in [1.807, 2.05) is 12.4 Å². The molecule has 1 fully saturated rings. The summed E-state index contributed by atoms with van der Waals surface area (Å²) < 4.78 is 0. The first-order chi connectivity index (χ1) is 7.83. The summed E-state index contributed by atoms with van der Waals surface area (Å²) in [6.45, 7) is 3.29. The Kier molecular flexibility index (Phi) is 2.52. The first kappa shape index (κ1) is 10.0. The van der Waals surface area contributed by atoms with Gasteiger partial charge in [-0.1, -0.05) is 6.08 Å². The van der Waals surface area contributed by atoms with E-state index < -0.39 is 0 Å². The van der Waals surface area contributed by atoms with Crippen LogP contribution >= 0.6 is 0 Å². The number of pyridine rings is 1. The lowest BCUT2D eigenvalue weighted by atomic mass is 9.92. The minimum atomic E-state index is 0.615. The summed E-state index contributed by atoms with van der Waals surface area (Å²) in [5, 5.41) is 3.60. The number of piperidine rings is 1. The summed E-state index contributed by atoms with van der Waals surface area (Å²) in [4.78, 5) is 4.28. The third-order valence-corrected chi connectivity index (χ3v) is 3.75. The topological polar surface area (TPSA) is 24.9 Å². The number of aromatic nitrogens is 1. The Balaban J connectivity index is 1.86. The number of allylic oxidation sites excluding steroid dienone is 1. The van der Waals surface area contributed by atoms with E-state index in [0.717, 1.165) is 5.92 Å². The van der Waals surface area contributed by atoms with Crippen molar-refractivity contribution in [3.63, 3.8) is 0 Å². The average molecular weight is 214 g/mol. The first-order valence-corrected chi connectivity index (χ1v) is 6.19. The van der Waals surface area contributed by atoms with E-state index in [9.17, 15) is 0 Å². The van der Waals surface area contributed by atoms with Crippen LogP contribution in [0.2, 0.25) is 0 Å². The van der Waals surface area contributed by atoms with E-state index in [4.69, 9.17) is 0 Å². The number of nitrogens with one attached hydrogen (secondary N) is 1. The molecule has 0 amide bonds. The molecular weight excluding hydrogens is 196 g/mol. The van der Waals surface area contributed by atoms with Crippen LogP contribution in [0.1, 0.15) is 30.4 Å². The Morgan fingerprint density at radius 3 is 3.12 bits per heavy atom. The molecule has 1 N–H and O–H groups in total. The molecule has 2 heterocycles. The zero-order valence-corrected chi connectivity index (χ0v) is 9.74. The van der Waals surface area contributed by atoms with Crippen LogP contribution in [0, 0.1) is 12.8 Å². The van der Waals surface area contributed by atoms with Crippen LogP contribution < -0.4 is 5.32 Å². The number of rotatable bonds is 1. The smallest absolute Gasteiger partial charge is 0.0343 e. The number of aryl methyl sites for hydroxylation is 1. The fourth-order valence-electron chi connectivity index (χ4n) is 2.92. The standard InChI is InChI=1S/C14H18N2/c1-10-5-13(9-15-8-10)12-6-11-3-2-4-16-14(11)7-12/h5,7-9,11,14,16H,2-4,6H2,1H3. The Labute approximate surface area is 96.8 Å². The predicted molar refractivity (Wildman–Crippen MR) is 66.1 cm³/mol. The molecule has 1 aliphatic carbocycles. The second kappa shape index (κ2) is 4.02. The lowest BCUT2D eigenvalue weighted by Crippen LogP contribution is -2.37. The van der Waals surface area contributed by atoms with Gasteiger partial charge < -0.3 is 5.32 Å². The van der Waals surface area contributed by atoms with E-state index in [-0.39, 0.29) is 0 Å². The normalized spacial score (nSPS) is 28.7. The van der Waals surface area contributed by atoms with Crippen molar-refractivity contribution in [2.24, 2.45) is 5.92 Å². The van der Waals surface area contributed by atoms with Crippen molar-refractivity contribution in [3.05, 3.63) is 35.7 Å². The third-order valence-electron chi connectivity index (χ3n) is 3.75. The molecule has 84 valence electrons. The summed E-state index contributed by atoms with van der Waals surface area (Å²) in [5.74, 6) is 0.823. The first-order valence-electron chi connectivity index (χ1n) is 6.19. The third kappa shape index (κ3) is 1.78. The molecule has 0 saturated carbocycles. The molecule has 0 bridgehead atoms. The van der Waals surface area contributed by atoms with Gasteiger partial charge in [0.05, 0.1) is 0 Å². The molecule has 16 heavy (non-hydrogen) atoms. The second-order valence-corrected chi connectivity index (χ2v) is 5.03. The second-order valence-electron chi connectivity index (χ2n) is 5.03. The Hall–Kier alpha value is -1.15. The molecule has 2 nitrogen and oxygen atoms in total. The molecule has 0 aromatic carbocycles. The molecule has 1 aliphatic heterocycles. The summed E-state index contributed by atoms with van der Waals surface area (Å²) in [6.07, 6.45) is 10.3. The Morgan fingerprint density at radius 1 is 1.38 bits per heavy atom. The quantitative estimate of drug-likeness (QED) is 0.777. The maximum absolute atomic E-state index is 4.28. The van der Waals surface area contributed by atoms with Gasteiger partial charge >= 0.3 is 0 Å². The van der Waals surface area contributed by atoms with E-state index in [2.05, 4.69) is 29.4 Å². The molecular formula is C14H18N2. The van der Waals surface area contributed by atoms with Gasteiger partial charge in [-0.3, -0.25) is 4.98 Å². The van der Waals surface area contributed by atoms with Crippen molar-refractivity contribution in [1.82, 2.24) is 10.3 Å². The zero-order valence-electron chi connectivity index (χ0n) is 9.74. The van der Waals surface area contributed by atoms with Crippen LogP contribution in [0.4, 0.5) is 0 Å². The van der Waals surface area contributed by atoms with Crippen LogP contribution in [0.5, 0.6) is 0 Å². The van der Waals surface area contributed by atoms with Crippen LogP contribution in [0.25, 0.3) is 5.57 Å². The van der Waals surface area contributed by atoms with Crippen molar-refractivity contribution < 1.29 is 0 Å². The van der Waals surface area contributed by atoms with Gasteiger partial charge in [0.1, 0.15) is 0 Å². The highest BCUT2D eigenvalue weighted by Crippen LogP contribution is 2.36. The van der Waals surface area contributed by atoms with Gasteiger partial charge in [-0.25, -0.2) is 0 Å². The molecule has 2 atom stereocenters. The molecule has 1 saturated heterocycles.